The molecule has 1 unspecified atom stereocenters. The maximum Gasteiger partial charge on any atom is 0.233 e. The van der Waals surface area contributed by atoms with Crippen molar-refractivity contribution in [1.82, 2.24) is 10.6 Å². The largest absolute Gasteiger partial charge is 0.381 e. The lowest BCUT2D eigenvalue weighted by Gasteiger charge is -2.28. The van der Waals surface area contributed by atoms with Crippen LogP contribution in [-0.2, 0) is 9.53 Å². The molecule has 2 N–H and O–H groups in total. The molecule has 1 rings (SSSR count). The first kappa shape index (κ1) is 15.4. The van der Waals surface area contributed by atoms with E-state index in [4.69, 9.17) is 4.74 Å². The summed E-state index contributed by atoms with van der Waals surface area (Å²) in [7, 11) is 0. The van der Waals surface area contributed by atoms with Gasteiger partial charge in [0.2, 0.25) is 5.91 Å². The van der Waals surface area contributed by atoms with Gasteiger partial charge in [-0.05, 0) is 38.0 Å². The molecular weight excluding hydrogens is 228 g/mol. The fourth-order valence-corrected chi connectivity index (χ4v) is 2.20. The quantitative estimate of drug-likeness (QED) is 0.726. The molecule has 1 amide bonds. The lowest BCUT2D eigenvalue weighted by Crippen LogP contribution is -2.42. The second kappa shape index (κ2) is 8.48. The number of ether oxygens (including phenoxy) is 1. The SMILES string of the molecule is CC(C)CCNC(=O)CNC(C)C1CCOCC1. The van der Waals surface area contributed by atoms with Crippen LogP contribution in [0.1, 0.15) is 40.0 Å². The van der Waals surface area contributed by atoms with E-state index in [0.717, 1.165) is 39.0 Å². The van der Waals surface area contributed by atoms with Gasteiger partial charge >= 0.3 is 0 Å². The number of amides is 1. The van der Waals surface area contributed by atoms with Crippen molar-refractivity contribution in [2.75, 3.05) is 26.3 Å². The Hall–Kier alpha value is -0.610. The molecule has 4 heteroatoms. The van der Waals surface area contributed by atoms with Crippen molar-refractivity contribution in [3.05, 3.63) is 0 Å². The second-order valence-electron chi connectivity index (χ2n) is 5.65. The fraction of sp³-hybridized carbons (Fsp3) is 0.929. The van der Waals surface area contributed by atoms with Gasteiger partial charge in [-0.3, -0.25) is 4.79 Å². The van der Waals surface area contributed by atoms with E-state index < -0.39 is 0 Å². The highest BCUT2D eigenvalue weighted by Gasteiger charge is 2.20. The molecule has 0 spiro atoms. The zero-order valence-corrected chi connectivity index (χ0v) is 12.0. The summed E-state index contributed by atoms with van der Waals surface area (Å²) in [5.74, 6) is 1.39. The molecule has 0 bridgehead atoms. The summed E-state index contributed by atoms with van der Waals surface area (Å²) in [6.45, 7) is 9.42. The predicted molar refractivity (Wildman–Crippen MR) is 73.5 cm³/mol. The summed E-state index contributed by atoms with van der Waals surface area (Å²) >= 11 is 0. The Morgan fingerprint density at radius 3 is 2.56 bits per heavy atom. The smallest absolute Gasteiger partial charge is 0.233 e. The molecule has 0 radical (unpaired) electrons. The van der Waals surface area contributed by atoms with Crippen LogP contribution >= 0.6 is 0 Å². The van der Waals surface area contributed by atoms with Crippen LogP contribution in [0.15, 0.2) is 0 Å². The van der Waals surface area contributed by atoms with Gasteiger partial charge in [0.25, 0.3) is 0 Å². The van der Waals surface area contributed by atoms with E-state index >= 15 is 0 Å². The molecule has 4 nitrogen and oxygen atoms in total. The van der Waals surface area contributed by atoms with E-state index in [1.54, 1.807) is 0 Å². The summed E-state index contributed by atoms with van der Waals surface area (Å²) in [5.41, 5.74) is 0. The van der Waals surface area contributed by atoms with Crippen LogP contribution in [0, 0.1) is 11.8 Å². The Morgan fingerprint density at radius 1 is 1.28 bits per heavy atom. The zero-order valence-electron chi connectivity index (χ0n) is 12.0. The minimum Gasteiger partial charge on any atom is -0.381 e. The number of carbonyl (C=O) groups is 1. The van der Waals surface area contributed by atoms with E-state index in [1.165, 1.54) is 0 Å². The van der Waals surface area contributed by atoms with Gasteiger partial charge in [0, 0.05) is 25.8 Å². The number of nitrogens with one attached hydrogen (secondary N) is 2. The second-order valence-corrected chi connectivity index (χ2v) is 5.65. The average molecular weight is 256 g/mol. The van der Waals surface area contributed by atoms with Gasteiger partial charge in [-0.25, -0.2) is 0 Å². The number of carbonyl (C=O) groups excluding carboxylic acids is 1. The maximum atomic E-state index is 11.6. The first-order chi connectivity index (χ1) is 8.59. The molecule has 18 heavy (non-hydrogen) atoms. The van der Waals surface area contributed by atoms with Crippen molar-refractivity contribution >= 4 is 5.91 Å². The van der Waals surface area contributed by atoms with Crippen LogP contribution in [-0.4, -0.2) is 38.3 Å². The van der Waals surface area contributed by atoms with E-state index in [1.807, 2.05) is 0 Å². The molecule has 0 saturated carbocycles. The van der Waals surface area contributed by atoms with Crippen molar-refractivity contribution in [2.24, 2.45) is 11.8 Å². The monoisotopic (exact) mass is 256 g/mol. The molecule has 1 aliphatic rings. The number of hydrogen-bond donors (Lipinski definition) is 2. The van der Waals surface area contributed by atoms with Gasteiger partial charge in [0.05, 0.1) is 6.54 Å². The van der Waals surface area contributed by atoms with Gasteiger partial charge < -0.3 is 15.4 Å². The highest BCUT2D eigenvalue weighted by atomic mass is 16.5. The molecular formula is C14H28N2O2. The molecule has 0 aliphatic carbocycles. The Balaban J connectivity index is 2.09. The van der Waals surface area contributed by atoms with E-state index in [-0.39, 0.29) is 5.91 Å². The van der Waals surface area contributed by atoms with Crippen LogP contribution in [0.2, 0.25) is 0 Å². The van der Waals surface area contributed by atoms with Crippen molar-refractivity contribution < 1.29 is 9.53 Å². The van der Waals surface area contributed by atoms with Gasteiger partial charge in [0.15, 0.2) is 0 Å². The van der Waals surface area contributed by atoms with E-state index in [2.05, 4.69) is 31.4 Å². The van der Waals surface area contributed by atoms with Crippen molar-refractivity contribution in [3.8, 4) is 0 Å². The Bertz CT molecular complexity index is 238. The van der Waals surface area contributed by atoms with Crippen LogP contribution in [0.3, 0.4) is 0 Å². The molecule has 0 aromatic rings. The Morgan fingerprint density at radius 2 is 1.94 bits per heavy atom. The van der Waals surface area contributed by atoms with Crippen molar-refractivity contribution in [2.45, 2.75) is 46.1 Å². The molecule has 0 aromatic carbocycles. The fourth-order valence-electron chi connectivity index (χ4n) is 2.20. The third-order valence-corrected chi connectivity index (χ3v) is 3.60. The number of hydrogen-bond acceptors (Lipinski definition) is 3. The summed E-state index contributed by atoms with van der Waals surface area (Å²) < 4.78 is 5.34. The lowest BCUT2D eigenvalue weighted by atomic mass is 9.93. The molecule has 106 valence electrons. The Labute approximate surface area is 111 Å². The summed E-state index contributed by atoms with van der Waals surface area (Å²) in [6, 6.07) is 0.393. The van der Waals surface area contributed by atoms with Gasteiger partial charge in [-0.2, -0.15) is 0 Å². The predicted octanol–water partition coefficient (Wildman–Crippen LogP) is 1.55. The zero-order chi connectivity index (χ0) is 13.4. The van der Waals surface area contributed by atoms with Crippen LogP contribution in [0.4, 0.5) is 0 Å². The normalized spacial score (nSPS) is 18.9. The maximum absolute atomic E-state index is 11.6. The first-order valence-corrected chi connectivity index (χ1v) is 7.17. The minimum absolute atomic E-state index is 0.106. The van der Waals surface area contributed by atoms with Crippen molar-refractivity contribution in [3.63, 3.8) is 0 Å². The third kappa shape index (κ3) is 6.36. The number of rotatable bonds is 7. The van der Waals surface area contributed by atoms with Crippen molar-refractivity contribution in [1.29, 1.82) is 0 Å². The Kier molecular flexibility index (Phi) is 7.28. The van der Waals surface area contributed by atoms with Crippen LogP contribution in [0.25, 0.3) is 0 Å². The lowest BCUT2D eigenvalue weighted by molar-refractivity contribution is -0.120. The highest BCUT2D eigenvalue weighted by molar-refractivity contribution is 5.77. The van der Waals surface area contributed by atoms with E-state index in [9.17, 15) is 4.79 Å². The molecule has 1 atom stereocenters. The van der Waals surface area contributed by atoms with Gasteiger partial charge in [-0.1, -0.05) is 13.8 Å². The average Bonchev–Trinajstić information content (AvgIpc) is 2.36. The van der Waals surface area contributed by atoms with E-state index in [0.29, 0.717) is 24.4 Å². The summed E-state index contributed by atoms with van der Waals surface area (Å²) in [4.78, 5) is 11.6. The molecule has 1 fully saturated rings. The van der Waals surface area contributed by atoms with Gasteiger partial charge in [0.1, 0.15) is 0 Å². The molecule has 1 aliphatic heterocycles. The van der Waals surface area contributed by atoms with Gasteiger partial charge in [-0.15, -0.1) is 0 Å². The minimum atomic E-state index is 0.106. The third-order valence-electron chi connectivity index (χ3n) is 3.60. The molecule has 0 aromatic heterocycles. The van der Waals surface area contributed by atoms with Crippen LogP contribution < -0.4 is 10.6 Å². The molecule has 1 saturated heterocycles. The highest BCUT2D eigenvalue weighted by Crippen LogP contribution is 2.18. The standard InChI is InChI=1S/C14H28N2O2/c1-11(2)4-7-15-14(17)10-16-12(3)13-5-8-18-9-6-13/h11-13,16H,4-10H2,1-3H3,(H,15,17). The summed E-state index contributed by atoms with van der Waals surface area (Å²) in [6.07, 6.45) is 3.24. The molecule has 1 heterocycles. The topological polar surface area (TPSA) is 50.4 Å². The first-order valence-electron chi connectivity index (χ1n) is 7.17. The summed E-state index contributed by atoms with van der Waals surface area (Å²) in [5, 5.41) is 6.27. The van der Waals surface area contributed by atoms with Crippen LogP contribution in [0.5, 0.6) is 0 Å².